The second kappa shape index (κ2) is 0.853. The molecule has 0 amide bonds. The minimum Gasteiger partial charge on any atom is -0.332 e. The molecule has 0 radical (unpaired) electrons. The van der Waals surface area contributed by atoms with Gasteiger partial charge in [-0.3, -0.25) is 0 Å². The van der Waals surface area contributed by atoms with Crippen LogP contribution >= 0.6 is 0 Å². The Morgan fingerprint density at radius 1 is 1.43 bits per heavy atom. The quantitative estimate of drug-likeness (QED) is 0.309. The third-order valence-electron chi connectivity index (χ3n) is 0.899. The molecular weight excluding hydrogens is 98.8 g/mol. The maximum absolute atomic E-state index is 4.77. The fraction of sp³-hybridized carbons (Fsp3) is 1.00. The van der Waals surface area contributed by atoms with Gasteiger partial charge in [-0.25, -0.2) is 4.81 Å². The topological polar surface area (TPSA) is 36.9 Å². The number of rotatable bonds is 0. The zero-order valence-corrected chi connectivity index (χ0v) is 3.71. The molecule has 3 rings (SSSR count). The van der Waals surface area contributed by atoms with Crippen molar-refractivity contribution in [3.8, 4) is 0 Å². The van der Waals surface area contributed by atoms with E-state index in [-0.39, 0.29) is 0 Å². The summed E-state index contributed by atoms with van der Waals surface area (Å²) in [4.78, 5) is 8.86. The number of fused-ring (bicyclic) bond motifs is 1. The molecule has 4 nitrogen and oxygen atoms in total. The standard InChI is InChI=1S/C2H3BO4/c1-2-4-3(5-2)7-6-2/h1H3. The maximum Gasteiger partial charge on any atom is 0.676 e. The summed E-state index contributed by atoms with van der Waals surface area (Å²) in [6, 6.07) is 0. The largest absolute Gasteiger partial charge is 0.676 e. The summed E-state index contributed by atoms with van der Waals surface area (Å²) >= 11 is 0. The molecular formula is C2H3BO4. The number of hydrogen-bond acceptors (Lipinski definition) is 4. The van der Waals surface area contributed by atoms with Crippen LogP contribution in [0.25, 0.3) is 0 Å². The molecule has 3 fully saturated rings. The minimum absolute atomic E-state index is 0.565. The van der Waals surface area contributed by atoms with Crippen LogP contribution in [0.4, 0.5) is 0 Å². The van der Waals surface area contributed by atoms with Gasteiger partial charge in [0.15, 0.2) is 0 Å². The predicted molar refractivity (Wildman–Crippen MR) is 18.5 cm³/mol. The van der Waals surface area contributed by atoms with E-state index in [9.17, 15) is 0 Å². The SMILES string of the molecule is CC12OOB(O1)O2. The third kappa shape index (κ3) is 0.356. The Balaban J connectivity index is 2.20. The van der Waals surface area contributed by atoms with E-state index in [2.05, 4.69) is 9.69 Å². The van der Waals surface area contributed by atoms with Crippen molar-refractivity contribution < 1.29 is 19.0 Å². The van der Waals surface area contributed by atoms with E-state index in [0.717, 1.165) is 0 Å². The van der Waals surface area contributed by atoms with E-state index < -0.39 is 13.3 Å². The van der Waals surface area contributed by atoms with Gasteiger partial charge in [0, 0.05) is 6.92 Å². The summed E-state index contributed by atoms with van der Waals surface area (Å²) in [5, 5.41) is 0. The molecule has 0 aromatic heterocycles. The van der Waals surface area contributed by atoms with E-state index in [1.54, 1.807) is 6.92 Å². The molecule has 0 aromatic carbocycles. The Labute approximate surface area is 40.4 Å². The zero-order chi connectivity index (χ0) is 4.91. The van der Waals surface area contributed by atoms with Crippen LogP contribution in [-0.2, 0) is 19.0 Å². The van der Waals surface area contributed by atoms with E-state index >= 15 is 0 Å². The van der Waals surface area contributed by atoms with Crippen molar-refractivity contribution in [2.24, 2.45) is 0 Å². The van der Waals surface area contributed by atoms with Crippen molar-refractivity contribution in [2.75, 3.05) is 0 Å². The summed E-state index contributed by atoms with van der Waals surface area (Å²) in [7, 11) is -0.565. The smallest absolute Gasteiger partial charge is 0.332 e. The van der Waals surface area contributed by atoms with E-state index in [1.165, 1.54) is 0 Å². The van der Waals surface area contributed by atoms with Crippen molar-refractivity contribution in [1.29, 1.82) is 0 Å². The zero-order valence-electron chi connectivity index (χ0n) is 3.71. The molecule has 3 heterocycles. The Bertz CT molecular complexity index is 92.4. The maximum atomic E-state index is 4.77. The van der Waals surface area contributed by atoms with Crippen LogP contribution in [0.3, 0.4) is 0 Å². The molecule has 3 aliphatic heterocycles. The van der Waals surface area contributed by atoms with Crippen LogP contribution in [0.2, 0.25) is 0 Å². The molecule has 2 bridgehead atoms. The number of hydrogen-bond donors (Lipinski definition) is 0. The molecule has 38 valence electrons. The molecule has 3 saturated heterocycles. The Morgan fingerprint density at radius 3 is 2.29 bits per heavy atom. The molecule has 0 atom stereocenters. The highest BCUT2D eigenvalue weighted by molar-refractivity contribution is 6.39. The first-order chi connectivity index (χ1) is 3.29. The predicted octanol–water partition coefficient (Wildman–Crippen LogP) is -0.346. The fourth-order valence-electron chi connectivity index (χ4n) is 0.564. The first-order valence-electron chi connectivity index (χ1n) is 1.99. The first-order valence-corrected chi connectivity index (χ1v) is 1.99. The summed E-state index contributed by atoms with van der Waals surface area (Å²) < 4.78 is 9.54. The van der Waals surface area contributed by atoms with Gasteiger partial charge in [0.1, 0.15) is 0 Å². The minimum atomic E-state index is -0.884. The average molecular weight is 102 g/mol. The highest BCUT2D eigenvalue weighted by atomic mass is 17.4. The monoisotopic (exact) mass is 102 g/mol. The van der Waals surface area contributed by atoms with Gasteiger partial charge in [0.2, 0.25) is 0 Å². The summed E-state index contributed by atoms with van der Waals surface area (Å²) in [6.45, 7) is 1.64. The van der Waals surface area contributed by atoms with Crippen molar-refractivity contribution in [3.63, 3.8) is 0 Å². The van der Waals surface area contributed by atoms with Gasteiger partial charge >= 0.3 is 7.32 Å². The van der Waals surface area contributed by atoms with Gasteiger partial charge in [-0.2, -0.15) is 4.89 Å². The first kappa shape index (κ1) is 3.85. The molecule has 0 aromatic rings. The second-order valence-electron chi connectivity index (χ2n) is 1.57. The van der Waals surface area contributed by atoms with E-state index in [1.807, 2.05) is 0 Å². The van der Waals surface area contributed by atoms with Gasteiger partial charge in [-0.05, 0) is 0 Å². The average Bonchev–Trinajstić information content (AvgIpc) is 1.88. The van der Waals surface area contributed by atoms with Crippen molar-refractivity contribution in [1.82, 2.24) is 0 Å². The highest BCUT2D eigenvalue weighted by Gasteiger charge is 2.60. The Hall–Kier alpha value is -0.0951. The second-order valence-corrected chi connectivity index (χ2v) is 1.57. The summed E-state index contributed by atoms with van der Waals surface area (Å²) in [6.07, 6.45) is 0. The van der Waals surface area contributed by atoms with Crippen molar-refractivity contribution >= 4 is 7.32 Å². The summed E-state index contributed by atoms with van der Waals surface area (Å²) in [5.74, 6) is -0.884. The molecule has 0 unspecified atom stereocenters. The van der Waals surface area contributed by atoms with Gasteiger partial charge in [0.25, 0.3) is 5.97 Å². The fourth-order valence-corrected chi connectivity index (χ4v) is 0.564. The molecule has 0 spiro atoms. The van der Waals surface area contributed by atoms with Crippen LogP contribution < -0.4 is 0 Å². The lowest BCUT2D eigenvalue weighted by atomic mass is 10.2. The summed E-state index contributed by atoms with van der Waals surface area (Å²) in [5.41, 5.74) is 0. The van der Waals surface area contributed by atoms with Crippen LogP contribution in [0.15, 0.2) is 0 Å². The van der Waals surface area contributed by atoms with E-state index in [4.69, 9.17) is 9.31 Å². The van der Waals surface area contributed by atoms with Gasteiger partial charge < -0.3 is 9.31 Å². The van der Waals surface area contributed by atoms with Crippen LogP contribution in [0.1, 0.15) is 6.92 Å². The molecule has 5 heteroatoms. The molecule has 7 heavy (non-hydrogen) atoms. The lowest BCUT2D eigenvalue weighted by molar-refractivity contribution is -0.367. The molecule has 0 saturated carbocycles. The molecule has 0 aliphatic carbocycles. The Morgan fingerprint density at radius 2 is 2.14 bits per heavy atom. The van der Waals surface area contributed by atoms with Crippen molar-refractivity contribution in [3.05, 3.63) is 0 Å². The van der Waals surface area contributed by atoms with Crippen LogP contribution in [-0.4, -0.2) is 13.3 Å². The normalized spacial score (nSPS) is 33.0. The molecule has 3 aliphatic rings. The lowest BCUT2D eigenvalue weighted by Gasteiger charge is -2.25. The molecule has 0 N–H and O–H groups in total. The van der Waals surface area contributed by atoms with Crippen molar-refractivity contribution in [2.45, 2.75) is 12.9 Å². The van der Waals surface area contributed by atoms with Gasteiger partial charge in [-0.15, -0.1) is 0 Å². The highest BCUT2D eigenvalue weighted by Crippen LogP contribution is 2.35. The van der Waals surface area contributed by atoms with Crippen LogP contribution in [0.5, 0.6) is 0 Å². The Kier molecular flexibility index (Phi) is 0.470. The van der Waals surface area contributed by atoms with E-state index in [0.29, 0.717) is 0 Å². The van der Waals surface area contributed by atoms with Gasteiger partial charge in [0.05, 0.1) is 0 Å². The lowest BCUT2D eigenvalue weighted by Crippen LogP contribution is -2.46. The van der Waals surface area contributed by atoms with Crippen LogP contribution in [0, 0.1) is 0 Å². The third-order valence-corrected chi connectivity index (χ3v) is 0.899. The van der Waals surface area contributed by atoms with Gasteiger partial charge in [-0.1, -0.05) is 0 Å².